The lowest BCUT2D eigenvalue weighted by Crippen LogP contribution is -2.33. The molecule has 0 amide bonds. The summed E-state index contributed by atoms with van der Waals surface area (Å²) in [6.07, 6.45) is -4.36. The average molecular weight is 364 g/mol. The maximum atomic E-state index is 10.6. The predicted octanol–water partition coefficient (Wildman–Crippen LogP) is 1.66. The van der Waals surface area contributed by atoms with Gasteiger partial charge in [0.2, 0.25) is 0 Å². The molecule has 2 rings (SSSR count). The highest BCUT2D eigenvalue weighted by atomic mass is 19.4. The average Bonchev–Trinajstić information content (AvgIpc) is 2.97. The molecule has 1 heterocycles. The van der Waals surface area contributed by atoms with Crippen molar-refractivity contribution in [3.8, 4) is 5.75 Å². The fraction of sp³-hybridized carbons (Fsp3) is 0.562. The van der Waals surface area contributed by atoms with Crippen molar-refractivity contribution in [1.82, 2.24) is 10.2 Å². The summed E-state index contributed by atoms with van der Waals surface area (Å²) >= 11 is 0. The van der Waals surface area contributed by atoms with E-state index in [1.807, 2.05) is 19.2 Å². The molecule has 1 saturated heterocycles. The molecule has 142 valence electrons. The van der Waals surface area contributed by atoms with Gasteiger partial charge < -0.3 is 20.3 Å². The summed E-state index contributed by atoms with van der Waals surface area (Å²) in [5.74, 6) is -1.87. The fourth-order valence-corrected chi connectivity index (χ4v) is 2.46. The molecule has 0 saturated carbocycles. The van der Waals surface area contributed by atoms with Crippen molar-refractivity contribution in [2.45, 2.75) is 24.7 Å². The molecular weight excluding hydrogens is 341 g/mol. The van der Waals surface area contributed by atoms with Crippen molar-refractivity contribution in [3.05, 3.63) is 29.8 Å². The monoisotopic (exact) mass is 364 g/mol. The number of aliphatic carboxylic acids is 1. The van der Waals surface area contributed by atoms with Gasteiger partial charge in [0, 0.05) is 25.7 Å². The number of likely N-dealkylation sites (N-methyl/N-ethyl adjacent to an activating group) is 1. The van der Waals surface area contributed by atoms with Gasteiger partial charge in [-0.2, -0.15) is 13.2 Å². The second-order valence-corrected chi connectivity index (χ2v) is 5.62. The SMILES string of the molecule is CN[C@H](CN1CC[C@H](O)C1)c1cccc(OC)c1.O=C(O)C(F)(F)F. The minimum atomic E-state index is -5.08. The number of hydrogen-bond donors (Lipinski definition) is 3. The third kappa shape index (κ3) is 7.29. The van der Waals surface area contributed by atoms with E-state index in [1.54, 1.807) is 7.11 Å². The molecular formula is C16H23F3N2O4. The number of halogens is 3. The predicted molar refractivity (Wildman–Crippen MR) is 85.5 cm³/mol. The number of rotatable bonds is 5. The summed E-state index contributed by atoms with van der Waals surface area (Å²) < 4.78 is 37.0. The number of carboxylic acids is 1. The fourth-order valence-electron chi connectivity index (χ4n) is 2.46. The topological polar surface area (TPSA) is 82.0 Å². The Hall–Kier alpha value is -1.84. The Bertz CT molecular complexity index is 554. The molecule has 0 unspecified atom stereocenters. The number of hydrogen-bond acceptors (Lipinski definition) is 5. The first-order valence-corrected chi connectivity index (χ1v) is 7.69. The summed E-state index contributed by atoms with van der Waals surface area (Å²) in [4.78, 5) is 11.2. The van der Waals surface area contributed by atoms with Crippen LogP contribution in [-0.2, 0) is 4.79 Å². The van der Waals surface area contributed by atoms with Gasteiger partial charge >= 0.3 is 12.1 Å². The van der Waals surface area contributed by atoms with Gasteiger partial charge in [-0.25, -0.2) is 4.79 Å². The van der Waals surface area contributed by atoms with Crippen molar-refractivity contribution in [1.29, 1.82) is 0 Å². The second-order valence-electron chi connectivity index (χ2n) is 5.62. The van der Waals surface area contributed by atoms with Crippen LogP contribution in [0.1, 0.15) is 18.0 Å². The highest BCUT2D eigenvalue weighted by molar-refractivity contribution is 5.73. The van der Waals surface area contributed by atoms with Crippen LogP contribution >= 0.6 is 0 Å². The molecule has 1 aromatic carbocycles. The van der Waals surface area contributed by atoms with E-state index in [2.05, 4.69) is 22.3 Å². The van der Waals surface area contributed by atoms with Crippen molar-refractivity contribution in [2.24, 2.45) is 0 Å². The van der Waals surface area contributed by atoms with E-state index in [9.17, 15) is 18.3 Å². The molecule has 0 aliphatic carbocycles. The molecule has 9 heteroatoms. The number of β-amino-alcohol motifs (C(OH)–C–C–N with tert-alkyl or cyclic N) is 1. The number of ether oxygens (including phenoxy) is 1. The Kier molecular flexibility index (Phi) is 8.14. The number of nitrogens with zero attached hydrogens (tertiary/aromatic N) is 1. The van der Waals surface area contributed by atoms with Gasteiger partial charge in [-0.15, -0.1) is 0 Å². The van der Waals surface area contributed by atoms with Crippen LogP contribution in [0.3, 0.4) is 0 Å². The van der Waals surface area contributed by atoms with Crippen LogP contribution < -0.4 is 10.1 Å². The first kappa shape index (κ1) is 21.2. The molecule has 1 fully saturated rings. The van der Waals surface area contributed by atoms with Gasteiger partial charge in [0.15, 0.2) is 0 Å². The molecule has 3 N–H and O–H groups in total. The quantitative estimate of drug-likeness (QED) is 0.737. The number of nitrogens with one attached hydrogen (secondary N) is 1. The van der Waals surface area contributed by atoms with Crippen LogP contribution in [0.4, 0.5) is 13.2 Å². The number of benzene rings is 1. The highest BCUT2D eigenvalue weighted by Crippen LogP contribution is 2.21. The Morgan fingerprint density at radius 1 is 1.48 bits per heavy atom. The lowest BCUT2D eigenvalue weighted by molar-refractivity contribution is -0.192. The summed E-state index contributed by atoms with van der Waals surface area (Å²) in [5.41, 5.74) is 1.22. The third-order valence-corrected chi connectivity index (χ3v) is 3.78. The summed E-state index contributed by atoms with van der Waals surface area (Å²) in [6, 6.07) is 8.40. The first-order chi connectivity index (χ1) is 11.7. The zero-order chi connectivity index (χ0) is 19.0. The summed E-state index contributed by atoms with van der Waals surface area (Å²) in [5, 5.41) is 20.0. The van der Waals surface area contributed by atoms with Crippen molar-refractivity contribution < 1.29 is 32.9 Å². The van der Waals surface area contributed by atoms with Crippen LogP contribution in [0.5, 0.6) is 5.75 Å². The molecule has 0 spiro atoms. The lowest BCUT2D eigenvalue weighted by atomic mass is 10.1. The number of methoxy groups -OCH3 is 1. The number of likely N-dealkylation sites (tertiary alicyclic amines) is 1. The van der Waals surface area contributed by atoms with Gasteiger partial charge in [0.1, 0.15) is 5.75 Å². The van der Waals surface area contributed by atoms with Gasteiger partial charge in [-0.1, -0.05) is 12.1 Å². The van der Waals surface area contributed by atoms with Crippen molar-refractivity contribution in [3.63, 3.8) is 0 Å². The standard InChI is InChI=1S/C14H22N2O2.C2HF3O2/c1-15-14(10-16-7-6-12(17)9-16)11-4-3-5-13(8-11)18-2;3-2(4,5)1(6)7/h3-5,8,12,14-15,17H,6-7,9-10H2,1-2H3;(H,6,7)/t12-,14+;/m0./s1. The lowest BCUT2D eigenvalue weighted by Gasteiger charge is -2.23. The molecule has 25 heavy (non-hydrogen) atoms. The number of alkyl halides is 3. The number of carbonyl (C=O) groups is 1. The molecule has 1 aliphatic rings. The van der Waals surface area contributed by atoms with E-state index >= 15 is 0 Å². The van der Waals surface area contributed by atoms with Gasteiger partial charge in [0.05, 0.1) is 13.2 Å². The van der Waals surface area contributed by atoms with Crippen LogP contribution in [-0.4, -0.2) is 67.2 Å². The van der Waals surface area contributed by atoms with Gasteiger partial charge in [-0.05, 0) is 31.2 Å². The molecule has 1 aliphatic heterocycles. The van der Waals surface area contributed by atoms with E-state index in [1.165, 1.54) is 5.56 Å². The Morgan fingerprint density at radius 3 is 2.56 bits per heavy atom. The number of aliphatic hydroxyl groups excluding tert-OH is 1. The smallest absolute Gasteiger partial charge is 0.490 e. The number of aliphatic hydroxyl groups is 1. The van der Waals surface area contributed by atoms with Gasteiger partial charge in [-0.3, -0.25) is 4.90 Å². The van der Waals surface area contributed by atoms with E-state index in [-0.39, 0.29) is 12.1 Å². The second kappa shape index (κ2) is 9.59. The minimum Gasteiger partial charge on any atom is -0.497 e. The maximum Gasteiger partial charge on any atom is 0.490 e. The third-order valence-electron chi connectivity index (χ3n) is 3.78. The normalized spacial score (nSPS) is 19.0. The van der Waals surface area contributed by atoms with Crippen LogP contribution in [0.2, 0.25) is 0 Å². The molecule has 6 nitrogen and oxygen atoms in total. The zero-order valence-corrected chi connectivity index (χ0v) is 14.1. The summed E-state index contributed by atoms with van der Waals surface area (Å²) in [7, 11) is 3.65. The summed E-state index contributed by atoms with van der Waals surface area (Å²) in [6.45, 7) is 2.67. The van der Waals surface area contributed by atoms with Crippen molar-refractivity contribution in [2.75, 3.05) is 33.8 Å². The van der Waals surface area contributed by atoms with E-state index in [0.717, 1.165) is 31.8 Å². The largest absolute Gasteiger partial charge is 0.497 e. The molecule has 1 aromatic rings. The number of carboxylic acid groups (broad SMARTS) is 1. The first-order valence-electron chi connectivity index (χ1n) is 7.69. The van der Waals surface area contributed by atoms with Crippen LogP contribution in [0.25, 0.3) is 0 Å². The maximum absolute atomic E-state index is 10.6. The minimum absolute atomic E-state index is 0.159. The van der Waals surface area contributed by atoms with Crippen LogP contribution in [0.15, 0.2) is 24.3 Å². The van der Waals surface area contributed by atoms with Gasteiger partial charge in [0.25, 0.3) is 0 Å². The van der Waals surface area contributed by atoms with E-state index in [4.69, 9.17) is 14.6 Å². The van der Waals surface area contributed by atoms with Crippen LogP contribution in [0, 0.1) is 0 Å². The highest BCUT2D eigenvalue weighted by Gasteiger charge is 2.38. The Morgan fingerprint density at radius 2 is 2.12 bits per heavy atom. The van der Waals surface area contributed by atoms with E-state index in [0.29, 0.717) is 0 Å². The Balaban J connectivity index is 0.000000381. The molecule has 0 aromatic heterocycles. The van der Waals surface area contributed by atoms with Crippen molar-refractivity contribution >= 4 is 5.97 Å². The zero-order valence-electron chi connectivity index (χ0n) is 14.1. The molecule has 2 atom stereocenters. The molecule has 0 radical (unpaired) electrons. The Labute approximate surface area is 144 Å². The molecule has 0 bridgehead atoms. The van der Waals surface area contributed by atoms with E-state index < -0.39 is 12.1 Å².